The first-order valence-corrected chi connectivity index (χ1v) is 4.22. The highest BCUT2D eigenvalue weighted by molar-refractivity contribution is 5.80. The highest BCUT2D eigenvalue weighted by atomic mass is 16.1. The zero-order valence-corrected chi connectivity index (χ0v) is 6.52. The van der Waals surface area contributed by atoms with Crippen molar-refractivity contribution in [2.75, 3.05) is 0 Å². The van der Waals surface area contributed by atoms with E-state index in [0.29, 0.717) is 11.2 Å². The summed E-state index contributed by atoms with van der Waals surface area (Å²) in [5.41, 5.74) is 0.440. The van der Waals surface area contributed by atoms with Gasteiger partial charge in [0.2, 0.25) is 0 Å². The Morgan fingerprint density at radius 3 is 2.70 bits per heavy atom. The van der Waals surface area contributed by atoms with Gasteiger partial charge in [0, 0.05) is 12.8 Å². The van der Waals surface area contributed by atoms with E-state index >= 15 is 0 Å². The minimum Gasteiger partial charge on any atom is -0.300 e. The van der Waals surface area contributed by atoms with Gasteiger partial charge in [-0.05, 0) is 30.6 Å². The van der Waals surface area contributed by atoms with Crippen molar-refractivity contribution in [3.8, 4) is 0 Å². The van der Waals surface area contributed by atoms with Crippen LogP contribution in [0, 0.1) is 11.3 Å². The van der Waals surface area contributed by atoms with Gasteiger partial charge in [0.25, 0.3) is 0 Å². The molecule has 0 aromatic carbocycles. The van der Waals surface area contributed by atoms with Gasteiger partial charge >= 0.3 is 0 Å². The molecule has 0 N–H and O–H groups in total. The molecule has 0 heterocycles. The number of carbonyl (C=O) groups excluding carboxylic acids is 1. The van der Waals surface area contributed by atoms with Crippen LogP contribution < -0.4 is 0 Å². The van der Waals surface area contributed by atoms with Gasteiger partial charge in [0.05, 0.1) is 0 Å². The average Bonchev–Trinajstić information content (AvgIpc) is 1.83. The molecule has 2 saturated carbocycles. The van der Waals surface area contributed by atoms with Crippen LogP contribution in [0.4, 0.5) is 0 Å². The lowest BCUT2D eigenvalue weighted by Gasteiger charge is -2.50. The Morgan fingerprint density at radius 1 is 1.50 bits per heavy atom. The minimum atomic E-state index is 0.440. The fraction of sp³-hybridized carbons (Fsp3) is 0.889. The lowest BCUT2D eigenvalue weighted by molar-refractivity contribution is -0.130. The molecule has 0 aliphatic heterocycles. The Labute approximate surface area is 61.8 Å². The van der Waals surface area contributed by atoms with E-state index in [4.69, 9.17) is 0 Å². The van der Waals surface area contributed by atoms with Crippen LogP contribution in [0.15, 0.2) is 0 Å². The Bertz CT molecular complexity index is 174. The maximum atomic E-state index is 11.1. The molecule has 0 amide bonds. The second-order valence-corrected chi connectivity index (χ2v) is 4.14. The Balaban J connectivity index is 2.11. The summed E-state index contributed by atoms with van der Waals surface area (Å²) in [6.45, 7) is 2.28. The molecule has 2 aliphatic rings. The summed E-state index contributed by atoms with van der Waals surface area (Å²) in [5, 5.41) is 0. The SMILES string of the molecule is C[C@]12CC[C@H]1CCC(=O)C2. The van der Waals surface area contributed by atoms with Crippen LogP contribution in [0.1, 0.15) is 39.0 Å². The van der Waals surface area contributed by atoms with Crippen LogP contribution in [0.3, 0.4) is 0 Å². The molecular weight excluding hydrogens is 124 g/mol. The summed E-state index contributed by atoms with van der Waals surface area (Å²) in [7, 11) is 0. The first kappa shape index (κ1) is 6.38. The number of hydrogen-bond acceptors (Lipinski definition) is 1. The topological polar surface area (TPSA) is 17.1 Å². The molecule has 0 unspecified atom stereocenters. The van der Waals surface area contributed by atoms with Crippen molar-refractivity contribution in [3.05, 3.63) is 0 Å². The summed E-state index contributed by atoms with van der Waals surface area (Å²) < 4.78 is 0. The van der Waals surface area contributed by atoms with E-state index in [1.165, 1.54) is 19.3 Å². The molecule has 0 aromatic rings. The van der Waals surface area contributed by atoms with Gasteiger partial charge in [-0.25, -0.2) is 0 Å². The maximum absolute atomic E-state index is 11.1. The molecular formula is C9H14O. The lowest BCUT2D eigenvalue weighted by Crippen LogP contribution is -2.42. The molecule has 0 bridgehead atoms. The number of Topliss-reactive ketones (excluding diaryl/α,β-unsaturated/α-hetero) is 1. The molecule has 2 fully saturated rings. The van der Waals surface area contributed by atoms with Crippen LogP contribution in [0.25, 0.3) is 0 Å². The summed E-state index contributed by atoms with van der Waals surface area (Å²) >= 11 is 0. The zero-order chi connectivity index (χ0) is 7.19. The van der Waals surface area contributed by atoms with Gasteiger partial charge < -0.3 is 0 Å². The number of hydrogen-bond donors (Lipinski definition) is 0. The average molecular weight is 138 g/mol. The second kappa shape index (κ2) is 1.84. The quantitative estimate of drug-likeness (QED) is 0.501. The fourth-order valence-electron chi connectivity index (χ4n) is 2.44. The molecule has 0 aromatic heterocycles. The van der Waals surface area contributed by atoms with Crippen molar-refractivity contribution in [3.63, 3.8) is 0 Å². The van der Waals surface area contributed by atoms with Gasteiger partial charge in [-0.1, -0.05) is 6.92 Å². The molecule has 2 atom stereocenters. The van der Waals surface area contributed by atoms with Crippen LogP contribution in [0.5, 0.6) is 0 Å². The molecule has 2 rings (SSSR count). The summed E-state index contributed by atoms with van der Waals surface area (Å²) in [6.07, 6.45) is 5.58. The summed E-state index contributed by atoms with van der Waals surface area (Å²) in [6, 6.07) is 0. The number of ketones is 1. The van der Waals surface area contributed by atoms with Crippen LogP contribution >= 0.6 is 0 Å². The molecule has 1 heteroatoms. The number of fused-ring (bicyclic) bond motifs is 1. The largest absolute Gasteiger partial charge is 0.300 e. The van der Waals surface area contributed by atoms with E-state index in [2.05, 4.69) is 6.92 Å². The first-order chi connectivity index (χ1) is 4.71. The van der Waals surface area contributed by atoms with Gasteiger partial charge in [0.15, 0.2) is 0 Å². The van der Waals surface area contributed by atoms with E-state index < -0.39 is 0 Å². The van der Waals surface area contributed by atoms with Crippen molar-refractivity contribution < 1.29 is 4.79 Å². The highest BCUT2D eigenvalue weighted by Crippen LogP contribution is 2.53. The fourth-order valence-corrected chi connectivity index (χ4v) is 2.44. The van der Waals surface area contributed by atoms with E-state index in [9.17, 15) is 4.79 Å². The third-order valence-electron chi connectivity index (χ3n) is 3.42. The molecule has 2 aliphatic carbocycles. The molecule has 0 radical (unpaired) electrons. The van der Waals surface area contributed by atoms with Gasteiger partial charge in [-0.3, -0.25) is 4.79 Å². The summed E-state index contributed by atoms with van der Waals surface area (Å²) in [4.78, 5) is 11.1. The molecule has 56 valence electrons. The van der Waals surface area contributed by atoms with E-state index in [-0.39, 0.29) is 0 Å². The Morgan fingerprint density at radius 2 is 2.30 bits per heavy atom. The first-order valence-electron chi connectivity index (χ1n) is 4.22. The van der Waals surface area contributed by atoms with E-state index in [0.717, 1.165) is 18.8 Å². The van der Waals surface area contributed by atoms with Crippen molar-refractivity contribution in [1.29, 1.82) is 0 Å². The smallest absolute Gasteiger partial charge is 0.133 e. The van der Waals surface area contributed by atoms with Gasteiger partial charge in [-0.15, -0.1) is 0 Å². The number of rotatable bonds is 0. The predicted octanol–water partition coefficient (Wildman–Crippen LogP) is 2.16. The summed E-state index contributed by atoms with van der Waals surface area (Å²) in [5.74, 6) is 1.39. The van der Waals surface area contributed by atoms with Gasteiger partial charge in [-0.2, -0.15) is 0 Å². The van der Waals surface area contributed by atoms with Crippen LogP contribution in [-0.4, -0.2) is 5.78 Å². The predicted molar refractivity (Wildman–Crippen MR) is 39.7 cm³/mol. The molecule has 0 spiro atoms. The third-order valence-corrected chi connectivity index (χ3v) is 3.42. The third kappa shape index (κ3) is 0.727. The second-order valence-electron chi connectivity index (χ2n) is 4.14. The van der Waals surface area contributed by atoms with Crippen LogP contribution in [0.2, 0.25) is 0 Å². The van der Waals surface area contributed by atoms with Crippen molar-refractivity contribution in [2.24, 2.45) is 11.3 Å². The van der Waals surface area contributed by atoms with E-state index in [1.807, 2.05) is 0 Å². The zero-order valence-electron chi connectivity index (χ0n) is 6.52. The van der Waals surface area contributed by atoms with E-state index in [1.54, 1.807) is 0 Å². The van der Waals surface area contributed by atoms with Crippen molar-refractivity contribution in [2.45, 2.75) is 39.0 Å². The lowest BCUT2D eigenvalue weighted by atomic mass is 9.55. The van der Waals surface area contributed by atoms with Crippen LogP contribution in [-0.2, 0) is 4.79 Å². The highest BCUT2D eigenvalue weighted by Gasteiger charge is 2.46. The Hall–Kier alpha value is -0.330. The molecule has 0 saturated heterocycles. The maximum Gasteiger partial charge on any atom is 0.133 e. The monoisotopic (exact) mass is 138 g/mol. The molecule has 1 nitrogen and oxygen atoms in total. The normalized spacial score (nSPS) is 46.1. The van der Waals surface area contributed by atoms with Crippen molar-refractivity contribution >= 4 is 5.78 Å². The Kier molecular flexibility index (Phi) is 1.17. The standard InChI is InChI=1S/C9H14O/c1-9-5-4-7(9)2-3-8(10)6-9/h7H,2-6H2,1H3/t7-,9-/m1/s1. The number of carbonyl (C=O) groups is 1. The molecule has 10 heavy (non-hydrogen) atoms. The minimum absolute atomic E-state index is 0.440. The van der Waals surface area contributed by atoms with Crippen molar-refractivity contribution in [1.82, 2.24) is 0 Å². The van der Waals surface area contributed by atoms with Gasteiger partial charge in [0.1, 0.15) is 5.78 Å².